The predicted octanol–water partition coefficient (Wildman–Crippen LogP) is 6.21. The molecule has 1 saturated heterocycles. The zero-order valence-corrected chi connectivity index (χ0v) is 21.7. The van der Waals surface area contributed by atoms with Gasteiger partial charge in [0.15, 0.2) is 0 Å². The number of likely N-dealkylation sites (tertiary alicyclic amines) is 1. The van der Waals surface area contributed by atoms with E-state index in [2.05, 4.69) is 58.4 Å². The van der Waals surface area contributed by atoms with Gasteiger partial charge in [0.05, 0.1) is 11.2 Å². The van der Waals surface area contributed by atoms with Gasteiger partial charge in [-0.15, -0.1) is 0 Å². The van der Waals surface area contributed by atoms with Crippen LogP contribution in [-0.2, 0) is 6.54 Å². The maximum atomic E-state index is 12.9. The highest BCUT2D eigenvalue weighted by Crippen LogP contribution is 2.35. The van der Waals surface area contributed by atoms with E-state index in [-0.39, 0.29) is 5.91 Å². The Bertz CT molecular complexity index is 1380. The van der Waals surface area contributed by atoms with Crippen LogP contribution in [0.3, 0.4) is 0 Å². The highest BCUT2D eigenvalue weighted by molar-refractivity contribution is 5.98. The van der Waals surface area contributed by atoms with Crippen LogP contribution in [0.15, 0.2) is 90.8 Å². The van der Waals surface area contributed by atoms with Crippen molar-refractivity contribution in [3.05, 3.63) is 113 Å². The highest BCUT2D eigenvalue weighted by Gasteiger charge is 2.21. The van der Waals surface area contributed by atoms with Crippen LogP contribution >= 0.6 is 0 Å². The van der Waals surface area contributed by atoms with Gasteiger partial charge in [0.25, 0.3) is 5.91 Å². The lowest BCUT2D eigenvalue weighted by Crippen LogP contribution is -2.31. The van der Waals surface area contributed by atoms with Crippen LogP contribution < -0.4 is 0 Å². The number of hydrogen-bond donors (Lipinski definition) is 0. The number of carbonyl (C=O) groups is 1. The van der Waals surface area contributed by atoms with Gasteiger partial charge in [0.2, 0.25) is 0 Å². The van der Waals surface area contributed by atoms with Crippen LogP contribution in [0.1, 0.15) is 53.9 Å². The summed E-state index contributed by atoms with van der Waals surface area (Å²) in [7, 11) is 0. The molecule has 0 aliphatic carbocycles. The molecule has 0 bridgehead atoms. The summed E-state index contributed by atoms with van der Waals surface area (Å²) in [5, 5.41) is 1.14. The lowest BCUT2D eigenvalue weighted by atomic mass is 9.87. The molecule has 1 aliphatic heterocycles. The summed E-state index contributed by atoms with van der Waals surface area (Å²) in [6, 6.07) is 24.8. The Kier molecular flexibility index (Phi) is 7.71. The minimum absolute atomic E-state index is 0.0837. The number of aromatic nitrogens is 2. The van der Waals surface area contributed by atoms with Crippen LogP contribution in [0, 0.1) is 0 Å². The van der Waals surface area contributed by atoms with Crippen molar-refractivity contribution in [3.63, 3.8) is 0 Å². The molecule has 0 spiro atoms. The van der Waals surface area contributed by atoms with E-state index >= 15 is 0 Å². The molecule has 0 radical (unpaired) electrons. The van der Waals surface area contributed by atoms with Crippen molar-refractivity contribution in [1.29, 1.82) is 0 Å². The first-order chi connectivity index (χ1) is 18.2. The van der Waals surface area contributed by atoms with Gasteiger partial charge in [0.1, 0.15) is 0 Å². The van der Waals surface area contributed by atoms with E-state index < -0.39 is 0 Å². The highest BCUT2D eigenvalue weighted by atomic mass is 16.2. The molecule has 0 saturated carbocycles. The van der Waals surface area contributed by atoms with Gasteiger partial charge in [-0.25, -0.2) is 0 Å². The standard InChI is InChI=1S/C32H34N4O/c1-3-36(4-2)32(37)27-15-13-24(14-16-27)30(29-12-7-9-26-10-8-20-34-31(26)29)25-17-21-35(22-18-25)23-28-11-5-6-19-33-28/h5-16,19-20H,3-4,17-18,21-23H2,1-2H3. The SMILES string of the molecule is CCN(CC)C(=O)c1ccc(C(=C2CCN(Cc3ccccn3)CC2)c2cccc3cccnc23)cc1. The fraction of sp³-hybridized carbons (Fsp3) is 0.281. The Morgan fingerprint density at radius 3 is 2.22 bits per heavy atom. The number of carbonyl (C=O) groups excluding carboxylic acids is 1. The largest absolute Gasteiger partial charge is 0.339 e. The van der Waals surface area contributed by atoms with Crippen molar-refractivity contribution in [3.8, 4) is 0 Å². The van der Waals surface area contributed by atoms with Crippen LogP contribution in [0.4, 0.5) is 0 Å². The number of benzene rings is 2. The summed E-state index contributed by atoms with van der Waals surface area (Å²) in [6.45, 7) is 8.32. The first kappa shape index (κ1) is 24.8. The third-order valence-corrected chi connectivity index (χ3v) is 7.30. The third-order valence-electron chi connectivity index (χ3n) is 7.30. The maximum Gasteiger partial charge on any atom is 0.253 e. The third kappa shape index (κ3) is 5.47. The molecule has 37 heavy (non-hydrogen) atoms. The molecule has 3 heterocycles. The average Bonchev–Trinajstić information content (AvgIpc) is 2.96. The zero-order chi connectivity index (χ0) is 25.6. The van der Waals surface area contributed by atoms with Crippen molar-refractivity contribution < 1.29 is 4.79 Å². The second-order valence-electron chi connectivity index (χ2n) is 9.51. The molecule has 0 atom stereocenters. The summed E-state index contributed by atoms with van der Waals surface area (Å²) < 4.78 is 0. The minimum atomic E-state index is 0.0837. The Morgan fingerprint density at radius 1 is 0.811 bits per heavy atom. The van der Waals surface area contributed by atoms with Crippen molar-refractivity contribution >= 4 is 22.4 Å². The van der Waals surface area contributed by atoms with E-state index in [9.17, 15) is 4.79 Å². The van der Waals surface area contributed by atoms with E-state index in [1.165, 1.54) is 11.1 Å². The molecule has 0 unspecified atom stereocenters. The van der Waals surface area contributed by atoms with Gasteiger partial charge < -0.3 is 4.90 Å². The summed E-state index contributed by atoms with van der Waals surface area (Å²) >= 11 is 0. The van der Waals surface area contributed by atoms with Crippen LogP contribution in [-0.4, -0.2) is 51.9 Å². The normalized spacial score (nSPS) is 14.1. The van der Waals surface area contributed by atoms with E-state index in [4.69, 9.17) is 4.98 Å². The Hall–Kier alpha value is -3.83. The smallest absolute Gasteiger partial charge is 0.253 e. The lowest BCUT2D eigenvalue weighted by Gasteiger charge is -2.30. The van der Waals surface area contributed by atoms with Crippen molar-refractivity contribution in [1.82, 2.24) is 19.8 Å². The number of para-hydroxylation sites is 1. The van der Waals surface area contributed by atoms with Crippen LogP contribution in [0.5, 0.6) is 0 Å². The molecule has 5 rings (SSSR count). The maximum absolute atomic E-state index is 12.9. The van der Waals surface area contributed by atoms with Crippen molar-refractivity contribution in [2.24, 2.45) is 0 Å². The van der Waals surface area contributed by atoms with Crippen molar-refractivity contribution in [2.45, 2.75) is 33.2 Å². The van der Waals surface area contributed by atoms with E-state index in [0.717, 1.165) is 65.8 Å². The Labute approximate surface area is 219 Å². The second kappa shape index (κ2) is 11.5. The first-order valence-corrected chi connectivity index (χ1v) is 13.3. The predicted molar refractivity (Wildman–Crippen MR) is 150 cm³/mol. The number of rotatable bonds is 7. The van der Waals surface area contributed by atoms with Gasteiger partial charge in [-0.3, -0.25) is 19.7 Å². The molecule has 4 aromatic rings. The fourth-order valence-corrected chi connectivity index (χ4v) is 5.28. The van der Waals surface area contributed by atoms with Gasteiger partial charge >= 0.3 is 0 Å². The number of amides is 1. The molecular formula is C32H34N4O. The van der Waals surface area contributed by atoms with Gasteiger partial charge in [-0.1, -0.05) is 48.0 Å². The van der Waals surface area contributed by atoms with Crippen LogP contribution in [0.2, 0.25) is 0 Å². The molecule has 1 fully saturated rings. The molecular weight excluding hydrogens is 456 g/mol. The average molecular weight is 491 g/mol. The molecule has 2 aromatic carbocycles. The van der Waals surface area contributed by atoms with Crippen LogP contribution in [0.25, 0.3) is 16.5 Å². The Morgan fingerprint density at radius 2 is 1.51 bits per heavy atom. The molecule has 5 nitrogen and oxygen atoms in total. The number of nitrogens with zero attached hydrogens (tertiary/aromatic N) is 4. The Balaban J connectivity index is 1.50. The van der Waals surface area contributed by atoms with E-state index in [1.807, 2.05) is 55.4 Å². The summed E-state index contributed by atoms with van der Waals surface area (Å²) in [4.78, 5) is 26.5. The molecule has 1 amide bonds. The summed E-state index contributed by atoms with van der Waals surface area (Å²) in [5.41, 5.74) is 7.87. The zero-order valence-electron chi connectivity index (χ0n) is 21.7. The molecule has 2 aromatic heterocycles. The topological polar surface area (TPSA) is 49.3 Å². The number of fused-ring (bicyclic) bond motifs is 1. The van der Waals surface area contributed by atoms with E-state index in [0.29, 0.717) is 13.1 Å². The van der Waals surface area contributed by atoms with Gasteiger partial charge in [0, 0.05) is 61.6 Å². The lowest BCUT2D eigenvalue weighted by molar-refractivity contribution is 0.0773. The quantitative estimate of drug-likeness (QED) is 0.309. The minimum Gasteiger partial charge on any atom is -0.339 e. The van der Waals surface area contributed by atoms with Crippen molar-refractivity contribution in [2.75, 3.05) is 26.2 Å². The fourth-order valence-electron chi connectivity index (χ4n) is 5.28. The van der Waals surface area contributed by atoms with Gasteiger partial charge in [-0.05, 0) is 68.2 Å². The molecule has 5 heteroatoms. The second-order valence-corrected chi connectivity index (χ2v) is 9.51. The number of piperidine rings is 1. The molecule has 1 aliphatic rings. The first-order valence-electron chi connectivity index (χ1n) is 13.3. The summed E-state index contributed by atoms with van der Waals surface area (Å²) in [5.74, 6) is 0.0837. The monoisotopic (exact) mass is 490 g/mol. The molecule has 0 N–H and O–H groups in total. The number of pyridine rings is 2. The number of hydrogen-bond acceptors (Lipinski definition) is 4. The summed E-state index contributed by atoms with van der Waals surface area (Å²) in [6.07, 6.45) is 5.72. The molecule has 188 valence electrons. The van der Waals surface area contributed by atoms with E-state index in [1.54, 1.807) is 0 Å². The van der Waals surface area contributed by atoms with Gasteiger partial charge in [-0.2, -0.15) is 0 Å².